The highest BCUT2D eigenvalue weighted by Crippen LogP contribution is 2.05. The third kappa shape index (κ3) is 4.99. The van der Waals surface area contributed by atoms with Gasteiger partial charge in [-0.1, -0.05) is 0 Å². The van der Waals surface area contributed by atoms with Crippen molar-refractivity contribution in [2.24, 2.45) is 0 Å². The van der Waals surface area contributed by atoms with Crippen LogP contribution < -0.4 is 5.32 Å². The second kappa shape index (κ2) is 6.63. The molecule has 88 valence electrons. The molecule has 1 saturated heterocycles. The minimum Gasteiger partial charge on any atom is -0.447 e. The first-order valence-electron chi connectivity index (χ1n) is 5.36. The number of piperidine rings is 1. The van der Waals surface area contributed by atoms with Crippen molar-refractivity contribution in [2.45, 2.75) is 18.9 Å². The summed E-state index contributed by atoms with van der Waals surface area (Å²) in [5, 5.41) is 3.26. The summed E-state index contributed by atoms with van der Waals surface area (Å²) in [6.07, 6.45) is 2.20. The maximum Gasteiger partial charge on any atom is 0.409 e. The Kier molecular flexibility index (Phi) is 5.42. The van der Waals surface area contributed by atoms with Crippen molar-refractivity contribution >= 4 is 6.09 Å². The van der Waals surface area contributed by atoms with Gasteiger partial charge in [0.2, 0.25) is 0 Å². The molecule has 0 unspecified atom stereocenters. The van der Waals surface area contributed by atoms with E-state index >= 15 is 0 Å². The van der Waals surface area contributed by atoms with Gasteiger partial charge in [-0.15, -0.1) is 0 Å². The van der Waals surface area contributed by atoms with E-state index in [1.807, 2.05) is 0 Å². The first-order valence-corrected chi connectivity index (χ1v) is 5.36. The third-order valence-corrected chi connectivity index (χ3v) is 2.28. The van der Waals surface area contributed by atoms with Crippen LogP contribution >= 0.6 is 0 Å². The Morgan fingerprint density at radius 2 is 2.27 bits per heavy atom. The van der Waals surface area contributed by atoms with Crippen LogP contribution in [0.15, 0.2) is 0 Å². The fourth-order valence-electron chi connectivity index (χ4n) is 1.43. The van der Waals surface area contributed by atoms with Crippen molar-refractivity contribution in [1.82, 2.24) is 10.2 Å². The largest absolute Gasteiger partial charge is 0.447 e. The van der Waals surface area contributed by atoms with Crippen LogP contribution in [-0.4, -0.2) is 57.5 Å². The number of nitrogens with one attached hydrogen (secondary N) is 1. The van der Waals surface area contributed by atoms with Crippen molar-refractivity contribution < 1.29 is 14.3 Å². The maximum absolute atomic E-state index is 11.0. The molecule has 0 aromatic heterocycles. The monoisotopic (exact) mass is 216 g/mol. The summed E-state index contributed by atoms with van der Waals surface area (Å²) in [4.78, 5) is 12.4. The summed E-state index contributed by atoms with van der Waals surface area (Å²) in [6.45, 7) is 2.79. The summed E-state index contributed by atoms with van der Waals surface area (Å²) in [5.74, 6) is 0. The Bertz CT molecular complexity index is 191. The molecule has 0 aromatic rings. The van der Waals surface area contributed by atoms with Gasteiger partial charge in [-0.25, -0.2) is 4.79 Å². The highest BCUT2D eigenvalue weighted by molar-refractivity contribution is 5.66. The van der Waals surface area contributed by atoms with Gasteiger partial charge >= 0.3 is 6.09 Å². The lowest BCUT2D eigenvalue weighted by atomic mass is 10.1. The second-order valence-corrected chi connectivity index (χ2v) is 3.85. The molecule has 1 fully saturated rings. The molecule has 0 spiro atoms. The first-order chi connectivity index (χ1) is 7.20. The fraction of sp³-hybridized carbons (Fsp3) is 0.900. The van der Waals surface area contributed by atoms with Gasteiger partial charge in [0.1, 0.15) is 6.61 Å². The average molecular weight is 216 g/mol. The number of rotatable bonds is 4. The fourth-order valence-corrected chi connectivity index (χ4v) is 1.43. The Labute approximate surface area is 90.7 Å². The molecule has 0 aromatic carbocycles. The number of hydrogen-bond acceptors (Lipinski definition) is 4. The van der Waals surface area contributed by atoms with E-state index in [-0.39, 0.29) is 12.2 Å². The van der Waals surface area contributed by atoms with E-state index in [0.717, 1.165) is 25.9 Å². The van der Waals surface area contributed by atoms with Gasteiger partial charge < -0.3 is 19.7 Å². The van der Waals surface area contributed by atoms with Crippen molar-refractivity contribution in [3.05, 3.63) is 0 Å². The molecule has 1 amide bonds. The molecule has 5 heteroatoms. The molecular formula is C10H20N2O3. The second-order valence-electron chi connectivity index (χ2n) is 3.85. The zero-order valence-corrected chi connectivity index (χ0v) is 9.49. The molecule has 1 atom stereocenters. The predicted octanol–water partition coefficient (Wildman–Crippen LogP) is 0.453. The molecule has 0 bridgehead atoms. The topological polar surface area (TPSA) is 50.8 Å². The number of carbonyl (C=O) groups is 1. The summed E-state index contributed by atoms with van der Waals surface area (Å²) < 4.78 is 10.5. The molecule has 1 aliphatic rings. The quantitative estimate of drug-likeness (QED) is 0.693. The van der Waals surface area contributed by atoms with Gasteiger partial charge in [-0.05, 0) is 19.4 Å². The molecule has 0 aliphatic carbocycles. The maximum atomic E-state index is 11.0. The Morgan fingerprint density at radius 1 is 1.47 bits per heavy atom. The van der Waals surface area contributed by atoms with Gasteiger partial charge in [0.25, 0.3) is 0 Å². The Balaban J connectivity index is 1.98. The highest BCUT2D eigenvalue weighted by atomic mass is 16.6. The van der Waals surface area contributed by atoms with Crippen LogP contribution in [0.4, 0.5) is 4.79 Å². The van der Waals surface area contributed by atoms with Crippen LogP contribution in [-0.2, 0) is 9.47 Å². The van der Waals surface area contributed by atoms with Gasteiger partial charge in [-0.2, -0.15) is 0 Å². The summed E-state index contributed by atoms with van der Waals surface area (Å²) in [6, 6.07) is 0. The van der Waals surface area contributed by atoms with Gasteiger partial charge in [-0.3, -0.25) is 0 Å². The normalized spacial score (nSPS) is 21.1. The van der Waals surface area contributed by atoms with E-state index in [2.05, 4.69) is 5.32 Å². The summed E-state index contributed by atoms with van der Waals surface area (Å²) in [7, 11) is 3.32. The SMILES string of the molecule is CN(C)C(=O)OCCO[C@H]1CCCNC1. The minimum absolute atomic E-state index is 0.275. The van der Waals surface area contributed by atoms with Crippen molar-refractivity contribution in [3.63, 3.8) is 0 Å². The summed E-state index contributed by atoms with van der Waals surface area (Å²) in [5.41, 5.74) is 0. The van der Waals surface area contributed by atoms with Gasteiger partial charge in [0.15, 0.2) is 0 Å². The smallest absolute Gasteiger partial charge is 0.409 e. The molecular weight excluding hydrogens is 196 g/mol. The van der Waals surface area contributed by atoms with Crippen LogP contribution in [0.1, 0.15) is 12.8 Å². The van der Waals surface area contributed by atoms with E-state index < -0.39 is 0 Å². The molecule has 15 heavy (non-hydrogen) atoms. The Morgan fingerprint density at radius 3 is 2.87 bits per heavy atom. The van der Waals surface area contributed by atoms with Crippen LogP contribution in [0.2, 0.25) is 0 Å². The van der Waals surface area contributed by atoms with E-state index in [1.165, 1.54) is 4.90 Å². The number of hydrogen-bond donors (Lipinski definition) is 1. The van der Waals surface area contributed by atoms with Crippen LogP contribution in [0.25, 0.3) is 0 Å². The molecule has 1 aliphatic heterocycles. The lowest BCUT2D eigenvalue weighted by Crippen LogP contribution is -2.36. The number of carbonyl (C=O) groups excluding carboxylic acids is 1. The van der Waals surface area contributed by atoms with E-state index in [4.69, 9.17) is 9.47 Å². The number of amides is 1. The lowest BCUT2D eigenvalue weighted by Gasteiger charge is -2.23. The molecule has 0 radical (unpaired) electrons. The molecule has 1 rings (SSSR count). The number of nitrogens with zero attached hydrogens (tertiary/aromatic N) is 1. The van der Waals surface area contributed by atoms with Crippen LogP contribution in [0.3, 0.4) is 0 Å². The van der Waals surface area contributed by atoms with Crippen LogP contribution in [0, 0.1) is 0 Å². The summed E-state index contributed by atoms with van der Waals surface area (Å²) >= 11 is 0. The average Bonchev–Trinajstić information content (AvgIpc) is 2.25. The number of ether oxygens (including phenoxy) is 2. The molecule has 1 N–H and O–H groups in total. The van der Waals surface area contributed by atoms with E-state index in [9.17, 15) is 4.79 Å². The Hall–Kier alpha value is -0.810. The molecule has 1 heterocycles. The standard InChI is InChI=1S/C10H20N2O3/c1-12(2)10(13)15-7-6-14-9-4-3-5-11-8-9/h9,11H,3-8H2,1-2H3/t9-/m0/s1. The minimum atomic E-state index is -0.319. The van der Waals surface area contributed by atoms with Crippen LogP contribution in [0.5, 0.6) is 0 Å². The van der Waals surface area contributed by atoms with Crippen molar-refractivity contribution in [2.75, 3.05) is 40.4 Å². The predicted molar refractivity (Wildman–Crippen MR) is 56.9 cm³/mol. The van der Waals surface area contributed by atoms with Gasteiger partial charge in [0.05, 0.1) is 12.7 Å². The molecule has 5 nitrogen and oxygen atoms in total. The zero-order chi connectivity index (χ0) is 11.1. The van der Waals surface area contributed by atoms with E-state index in [1.54, 1.807) is 14.1 Å². The highest BCUT2D eigenvalue weighted by Gasteiger charge is 2.13. The third-order valence-electron chi connectivity index (χ3n) is 2.28. The first kappa shape index (κ1) is 12.3. The van der Waals surface area contributed by atoms with Crippen molar-refractivity contribution in [3.8, 4) is 0 Å². The lowest BCUT2D eigenvalue weighted by molar-refractivity contribution is 0.00702. The van der Waals surface area contributed by atoms with Crippen molar-refractivity contribution in [1.29, 1.82) is 0 Å². The van der Waals surface area contributed by atoms with E-state index in [0.29, 0.717) is 13.2 Å². The van der Waals surface area contributed by atoms with Gasteiger partial charge in [0, 0.05) is 20.6 Å². The molecule has 0 saturated carbocycles. The zero-order valence-electron chi connectivity index (χ0n) is 9.49.